The van der Waals surface area contributed by atoms with E-state index in [1.54, 1.807) is 12.1 Å². The average molecular weight is 341 g/mol. The molecule has 1 unspecified atom stereocenters. The van der Waals surface area contributed by atoms with Gasteiger partial charge in [-0.3, -0.25) is 14.9 Å². The number of carbonyl (C=O) groups excluding carboxylic acids is 1. The van der Waals surface area contributed by atoms with E-state index in [0.29, 0.717) is 10.6 Å². The van der Waals surface area contributed by atoms with Crippen LogP contribution in [-0.2, 0) is 4.79 Å². The topological polar surface area (TPSA) is 84.3 Å². The minimum Gasteiger partial charge on any atom is -0.372 e. The molecule has 1 heterocycles. The minimum atomic E-state index is -0.444. The molecule has 3 rings (SSSR count). The first-order valence-corrected chi connectivity index (χ1v) is 8.21. The number of para-hydroxylation sites is 1. The highest BCUT2D eigenvalue weighted by Crippen LogP contribution is 2.36. The van der Waals surface area contributed by atoms with Gasteiger partial charge >= 0.3 is 0 Å². The molecule has 0 spiro atoms. The van der Waals surface area contributed by atoms with Crippen LogP contribution in [0, 0.1) is 10.1 Å². The number of amides is 1. The zero-order valence-electron chi connectivity index (χ0n) is 12.9. The van der Waals surface area contributed by atoms with Gasteiger partial charge in [-0.2, -0.15) is 0 Å². The maximum atomic E-state index is 12.6. The second kappa shape index (κ2) is 6.76. The van der Waals surface area contributed by atoms with Gasteiger partial charge in [0.25, 0.3) is 11.6 Å². The SMILES string of the molecule is CC1NC(c2ccc([N+](=O)[O-])cc2)=C(C(=O)Nc2ccccc2)S1. The fourth-order valence-corrected chi connectivity index (χ4v) is 3.36. The Morgan fingerprint density at radius 2 is 1.83 bits per heavy atom. The van der Waals surface area contributed by atoms with Crippen LogP contribution in [0.15, 0.2) is 59.5 Å². The van der Waals surface area contributed by atoms with Crippen molar-refractivity contribution in [1.82, 2.24) is 5.32 Å². The number of anilines is 1. The summed E-state index contributed by atoms with van der Waals surface area (Å²) in [5, 5.41) is 16.9. The van der Waals surface area contributed by atoms with Crippen molar-refractivity contribution in [1.29, 1.82) is 0 Å². The van der Waals surface area contributed by atoms with Crippen LogP contribution < -0.4 is 10.6 Å². The van der Waals surface area contributed by atoms with Crippen LogP contribution in [0.1, 0.15) is 12.5 Å². The molecule has 6 nitrogen and oxygen atoms in total. The highest BCUT2D eigenvalue weighted by Gasteiger charge is 2.27. The van der Waals surface area contributed by atoms with Gasteiger partial charge in [0.15, 0.2) is 0 Å². The van der Waals surface area contributed by atoms with Crippen LogP contribution in [0.3, 0.4) is 0 Å². The molecule has 0 bridgehead atoms. The first-order chi connectivity index (χ1) is 11.5. The van der Waals surface area contributed by atoms with Crippen molar-refractivity contribution in [2.75, 3.05) is 5.32 Å². The first kappa shape index (κ1) is 16.1. The zero-order chi connectivity index (χ0) is 17.1. The molecule has 0 radical (unpaired) electrons. The third kappa shape index (κ3) is 3.41. The molecule has 1 aliphatic heterocycles. The molecule has 0 aromatic heterocycles. The summed E-state index contributed by atoms with van der Waals surface area (Å²) in [4.78, 5) is 23.5. The Hall–Kier alpha value is -2.80. The van der Waals surface area contributed by atoms with Gasteiger partial charge in [0, 0.05) is 17.8 Å². The van der Waals surface area contributed by atoms with Crippen LogP contribution in [0.2, 0.25) is 0 Å². The van der Waals surface area contributed by atoms with E-state index in [-0.39, 0.29) is 17.0 Å². The van der Waals surface area contributed by atoms with E-state index in [0.717, 1.165) is 11.3 Å². The Labute approximate surface area is 143 Å². The Morgan fingerprint density at radius 1 is 1.17 bits per heavy atom. The molecule has 1 aliphatic rings. The number of rotatable bonds is 4. The summed E-state index contributed by atoms with van der Waals surface area (Å²) in [6.45, 7) is 1.96. The number of nitro groups is 1. The number of carbonyl (C=O) groups is 1. The van der Waals surface area contributed by atoms with E-state index >= 15 is 0 Å². The zero-order valence-corrected chi connectivity index (χ0v) is 13.7. The third-order valence-electron chi connectivity index (χ3n) is 3.47. The molecule has 0 aliphatic carbocycles. The van der Waals surface area contributed by atoms with Crippen molar-refractivity contribution in [3.63, 3.8) is 0 Å². The lowest BCUT2D eigenvalue weighted by Gasteiger charge is -2.08. The molecule has 1 atom stereocenters. The predicted molar refractivity (Wildman–Crippen MR) is 95.3 cm³/mol. The number of nitrogens with one attached hydrogen (secondary N) is 2. The van der Waals surface area contributed by atoms with E-state index in [4.69, 9.17) is 0 Å². The van der Waals surface area contributed by atoms with Gasteiger partial charge in [0.2, 0.25) is 0 Å². The summed E-state index contributed by atoms with van der Waals surface area (Å²) in [5.74, 6) is -0.198. The lowest BCUT2D eigenvalue weighted by molar-refractivity contribution is -0.384. The van der Waals surface area contributed by atoms with Crippen molar-refractivity contribution in [2.24, 2.45) is 0 Å². The third-order valence-corrected chi connectivity index (χ3v) is 4.57. The van der Waals surface area contributed by atoms with Gasteiger partial charge in [-0.05, 0) is 36.8 Å². The Kier molecular flexibility index (Phi) is 4.52. The van der Waals surface area contributed by atoms with Crippen molar-refractivity contribution < 1.29 is 9.72 Å². The summed E-state index contributed by atoms with van der Waals surface area (Å²) in [6, 6.07) is 15.4. The number of hydrogen-bond donors (Lipinski definition) is 2. The Balaban J connectivity index is 1.89. The molecule has 24 heavy (non-hydrogen) atoms. The van der Waals surface area contributed by atoms with E-state index in [1.165, 1.54) is 23.9 Å². The fraction of sp³-hybridized carbons (Fsp3) is 0.118. The highest BCUT2D eigenvalue weighted by molar-refractivity contribution is 8.05. The largest absolute Gasteiger partial charge is 0.372 e. The van der Waals surface area contributed by atoms with Crippen molar-refractivity contribution >= 4 is 34.7 Å². The number of thioether (sulfide) groups is 1. The summed E-state index contributed by atoms with van der Waals surface area (Å²) in [6.07, 6.45) is 0. The summed E-state index contributed by atoms with van der Waals surface area (Å²) in [5.41, 5.74) is 2.18. The van der Waals surface area contributed by atoms with Crippen molar-refractivity contribution in [3.05, 3.63) is 75.2 Å². The lowest BCUT2D eigenvalue weighted by atomic mass is 10.1. The Bertz CT molecular complexity index is 804. The van der Waals surface area contributed by atoms with Crippen molar-refractivity contribution in [3.8, 4) is 0 Å². The maximum absolute atomic E-state index is 12.6. The predicted octanol–water partition coefficient (Wildman–Crippen LogP) is 3.58. The molecule has 122 valence electrons. The molecular weight excluding hydrogens is 326 g/mol. The Morgan fingerprint density at radius 3 is 2.46 bits per heavy atom. The molecule has 7 heteroatoms. The van der Waals surface area contributed by atoms with Gasteiger partial charge in [0.05, 0.1) is 20.9 Å². The first-order valence-electron chi connectivity index (χ1n) is 7.33. The summed E-state index contributed by atoms with van der Waals surface area (Å²) in [7, 11) is 0. The fourth-order valence-electron chi connectivity index (χ4n) is 2.37. The molecule has 0 fully saturated rings. The van der Waals surface area contributed by atoms with Crippen LogP contribution in [0.5, 0.6) is 0 Å². The molecule has 2 aromatic carbocycles. The highest BCUT2D eigenvalue weighted by atomic mass is 32.2. The van der Waals surface area contributed by atoms with Gasteiger partial charge in [-0.15, -0.1) is 0 Å². The van der Waals surface area contributed by atoms with Crippen LogP contribution in [-0.4, -0.2) is 16.2 Å². The monoisotopic (exact) mass is 341 g/mol. The number of nitro benzene ring substituents is 1. The second-order valence-corrected chi connectivity index (χ2v) is 6.58. The molecule has 2 aromatic rings. The number of hydrogen-bond acceptors (Lipinski definition) is 5. The quantitative estimate of drug-likeness (QED) is 0.656. The van der Waals surface area contributed by atoms with E-state index in [9.17, 15) is 14.9 Å². The second-order valence-electron chi connectivity index (χ2n) is 5.23. The van der Waals surface area contributed by atoms with Gasteiger partial charge < -0.3 is 10.6 Å². The van der Waals surface area contributed by atoms with Crippen LogP contribution in [0.25, 0.3) is 5.70 Å². The summed E-state index contributed by atoms with van der Waals surface area (Å²) >= 11 is 1.43. The molecule has 2 N–H and O–H groups in total. The van der Waals surface area contributed by atoms with Gasteiger partial charge in [0.1, 0.15) is 0 Å². The van der Waals surface area contributed by atoms with Crippen LogP contribution >= 0.6 is 11.8 Å². The van der Waals surface area contributed by atoms with Crippen molar-refractivity contribution in [2.45, 2.75) is 12.3 Å². The number of benzene rings is 2. The smallest absolute Gasteiger partial charge is 0.269 e. The van der Waals surface area contributed by atoms with E-state index < -0.39 is 4.92 Å². The number of non-ortho nitro benzene ring substituents is 1. The summed E-state index contributed by atoms with van der Waals surface area (Å²) < 4.78 is 0. The number of nitrogens with zero attached hydrogens (tertiary/aromatic N) is 1. The van der Waals surface area contributed by atoms with E-state index in [2.05, 4.69) is 10.6 Å². The van der Waals surface area contributed by atoms with Crippen LogP contribution in [0.4, 0.5) is 11.4 Å². The average Bonchev–Trinajstić information content (AvgIpc) is 2.98. The molecular formula is C17H15N3O3S. The molecule has 0 saturated carbocycles. The minimum absolute atomic E-state index is 0.0216. The molecule has 1 amide bonds. The van der Waals surface area contributed by atoms with Gasteiger partial charge in [-0.25, -0.2) is 0 Å². The lowest BCUT2D eigenvalue weighted by Crippen LogP contribution is -2.16. The maximum Gasteiger partial charge on any atom is 0.269 e. The standard InChI is InChI=1S/C17H15N3O3S/c1-11-18-15(12-7-9-14(10-8-12)20(22)23)16(24-11)17(21)19-13-5-3-2-4-6-13/h2-11,18H,1H3,(H,19,21). The van der Waals surface area contributed by atoms with Gasteiger partial charge in [-0.1, -0.05) is 30.0 Å². The van der Waals surface area contributed by atoms with E-state index in [1.807, 2.05) is 37.3 Å². The normalized spacial score (nSPS) is 16.6. The molecule has 0 saturated heterocycles.